The van der Waals surface area contributed by atoms with Crippen LogP contribution in [0.3, 0.4) is 0 Å². The average molecular weight is 685 g/mol. The first-order chi connectivity index (χ1) is 23.9. The van der Waals surface area contributed by atoms with Crippen molar-refractivity contribution in [1.82, 2.24) is 0 Å². The van der Waals surface area contributed by atoms with Gasteiger partial charge in [0.15, 0.2) is 6.61 Å². The Bertz CT molecular complexity index is 1820. The molecule has 13 heteroatoms. The van der Waals surface area contributed by atoms with E-state index in [0.29, 0.717) is 17.0 Å². The van der Waals surface area contributed by atoms with Gasteiger partial charge in [0.1, 0.15) is 11.5 Å². The highest BCUT2D eigenvalue weighted by Gasteiger charge is 2.10. The van der Waals surface area contributed by atoms with Crippen molar-refractivity contribution in [3.05, 3.63) is 148 Å². The van der Waals surface area contributed by atoms with Gasteiger partial charge in [0.25, 0.3) is 5.69 Å². The van der Waals surface area contributed by atoms with Gasteiger partial charge in [0.05, 0.1) is 30.1 Å². The molecule has 0 heterocycles. The van der Waals surface area contributed by atoms with Crippen LogP contribution in [0.1, 0.15) is 34.0 Å². The van der Waals surface area contributed by atoms with Crippen LogP contribution in [-0.2, 0) is 27.2 Å². The first-order valence-corrected chi connectivity index (χ1v) is 14.9. The molecule has 0 aliphatic rings. The Hall–Kier alpha value is -6.76. The van der Waals surface area contributed by atoms with Crippen LogP contribution in [0.5, 0.6) is 11.5 Å². The number of benzene rings is 4. The van der Waals surface area contributed by atoms with Crippen LogP contribution in [0.4, 0.5) is 11.4 Å². The third kappa shape index (κ3) is 14.8. The van der Waals surface area contributed by atoms with Crippen LogP contribution in [0.25, 0.3) is 6.08 Å². The molecule has 0 bridgehead atoms. The van der Waals surface area contributed by atoms with Crippen LogP contribution in [0, 0.1) is 10.1 Å². The van der Waals surface area contributed by atoms with E-state index in [9.17, 15) is 29.3 Å². The van der Waals surface area contributed by atoms with E-state index in [1.54, 1.807) is 18.2 Å². The minimum atomic E-state index is -1.10. The van der Waals surface area contributed by atoms with E-state index >= 15 is 0 Å². The number of non-ortho nitro benzene ring substituents is 1. The van der Waals surface area contributed by atoms with Gasteiger partial charge in [-0.2, -0.15) is 0 Å². The van der Waals surface area contributed by atoms with Crippen molar-refractivity contribution >= 4 is 41.3 Å². The summed E-state index contributed by atoms with van der Waals surface area (Å²) in [5.41, 5.74) is 2.91. The van der Waals surface area contributed by atoms with Crippen LogP contribution in [0.15, 0.2) is 115 Å². The van der Waals surface area contributed by atoms with Gasteiger partial charge in [-0.15, -0.1) is 0 Å². The van der Waals surface area contributed by atoms with Crippen molar-refractivity contribution in [3.8, 4) is 11.5 Å². The standard InChI is InChI=1S/C15H13NO3.C12H14O3.C10H9NO5/c17-14(9-11-5-2-1-3-6-11)16-13-8-4-7-12(10-13)15(18)19;1-2-3-6-10-7-4-5-8-11(10)15-9-12(13)14;1-16-9-6-8(11(14)15)4-2-7(9)3-5-10(12)13/h1-8,10H,9H2,(H,16,17)(H,18,19);2-5,7-8H,6,9H2,1H3,(H,13,14);2-6H,1H3,(H,12,13). The molecule has 0 saturated heterocycles. The zero-order valence-electron chi connectivity index (χ0n) is 27.2. The molecular formula is C37H36N2O11. The van der Waals surface area contributed by atoms with Crippen molar-refractivity contribution in [3.63, 3.8) is 0 Å². The summed E-state index contributed by atoms with van der Waals surface area (Å²) in [7, 11) is 1.36. The van der Waals surface area contributed by atoms with Gasteiger partial charge in [0, 0.05) is 23.4 Å². The number of hydrogen-bond donors (Lipinski definition) is 4. The maximum atomic E-state index is 11.8. The van der Waals surface area contributed by atoms with E-state index in [0.717, 1.165) is 23.6 Å². The molecular weight excluding hydrogens is 648 g/mol. The van der Waals surface area contributed by atoms with E-state index in [2.05, 4.69) is 5.32 Å². The number of methoxy groups -OCH3 is 1. The van der Waals surface area contributed by atoms with Crippen molar-refractivity contribution in [2.45, 2.75) is 19.8 Å². The quantitative estimate of drug-likeness (QED) is 0.0516. The number of nitrogens with one attached hydrogen (secondary N) is 1. The number of nitrogens with zero attached hydrogens (tertiary/aromatic N) is 1. The number of allylic oxidation sites excluding steroid dienone is 2. The molecule has 4 N–H and O–H groups in total. The van der Waals surface area contributed by atoms with Gasteiger partial charge in [0.2, 0.25) is 5.91 Å². The fourth-order valence-corrected chi connectivity index (χ4v) is 4.03. The summed E-state index contributed by atoms with van der Waals surface area (Å²) in [5.74, 6) is -2.35. The van der Waals surface area contributed by atoms with Crippen LogP contribution >= 0.6 is 0 Å². The Kier molecular flexibility index (Phi) is 16.7. The molecule has 0 atom stereocenters. The number of para-hydroxylation sites is 1. The highest BCUT2D eigenvalue weighted by atomic mass is 16.6. The minimum Gasteiger partial charge on any atom is -0.496 e. The predicted octanol–water partition coefficient (Wildman–Crippen LogP) is 6.54. The molecule has 0 fully saturated rings. The molecule has 0 spiro atoms. The summed E-state index contributed by atoms with van der Waals surface area (Å²) < 4.78 is 10.1. The smallest absolute Gasteiger partial charge is 0.341 e. The Balaban J connectivity index is 0.000000263. The molecule has 0 unspecified atom stereocenters. The molecule has 4 rings (SSSR count). The van der Waals surface area contributed by atoms with Crippen molar-refractivity contribution in [1.29, 1.82) is 0 Å². The summed E-state index contributed by atoms with van der Waals surface area (Å²) in [4.78, 5) is 53.2. The Labute approximate surface area is 287 Å². The molecule has 0 radical (unpaired) electrons. The van der Waals surface area contributed by atoms with Gasteiger partial charge >= 0.3 is 17.9 Å². The highest BCUT2D eigenvalue weighted by Crippen LogP contribution is 2.25. The van der Waals surface area contributed by atoms with Crippen molar-refractivity contribution in [2.24, 2.45) is 0 Å². The highest BCUT2D eigenvalue weighted by molar-refractivity contribution is 5.94. The van der Waals surface area contributed by atoms with Crippen molar-refractivity contribution in [2.75, 3.05) is 19.0 Å². The molecule has 0 saturated carbocycles. The number of nitro benzene ring substituents is 1. The lowest BCUT2D eigenvalue weighted by Crippen LogP contribution is -2.14. The number of aromatic carboxylic acids is 1. The lowest BCUT2D eigenvalue weighted by Gasteiger charge is -2.07. The molecule has 13 nitrogen and oxygen atoms in total. The number of carbonyl (C=O) groups is 4. The number of carboxylic acids is 3. The number of carbonyl (C=O) groups excluding carboxylic acids is 1. The average Bonchev–Trinajstić information content (AvgIpc) is 3.10. The molecule has 0 aromatic heterocycles. The molecule has 0 aliphatic heterocycles. The number of hydrogen-bond acceptors (Lipinski definition) is 8. The number of nitro groups is 1. The van der Waals surface area contributed by atoms with Gasteiger partial charge < -0.3 is 30.1 Å². The van der Waals surface area contributed by atoms with E-state index in [-0.39, 0.29) is 35.9 Å². The second-order valence-electron chi connectivity index (χ2n) is 10.0. The van der Waals surface area contributed by atoms with E-state index < -0.39 is 22.8 Å². The number of anilines is 1. The van der Waals surface area contributed by atoms with Crippen LogP contribution in [-0.4, -0.2) is 57.8 Å². The number of aliphatic carboxylic acids is 2. The van der Waals surface area contributed by atoms with Gasteiger partial charge in [-0.25, -0.2) is 14.4 Å². The second kappa shape index (κ2) is 21.2. The summed E-state index contributed by atoms with van der Waals surface area (Å²) in [6.07, 6.45) is 7.22. The van der Waals surface area contributed by atoms with Gasteiger partial charge in [-0.1, -0.05) is 66.7 Å². The maximum absolute atomic E-state index is 11.8. The third-order valence-electron chi connectivity index (χ3n) is 6.33. The van der Waals surface area contributed by atoms with Crippen LogP contribution in [0.2, 0.25) is 0 Å². The molecule has 50 heavy (non-hydrogen) atoms. The molecule has 1 amide bonds. The lowest BCUT2D eigenvalue weighted by atomic mass is 10.1. The molecule has 4 aromatic rings. The molecule has 0 aliphatic carbocycles. The zero-order valence-corrected chi connectivity index (χ0v) is 27.2. The van der Waals surface area contributed by atoms with Gasteiger partial charge in [-0.05, 0) is 60.9 Å². The van der Waals surface area contributed by atoms with E-state index in [1.165, 1.54) is 43.5 Å². The first kappa shape index (κ1) is 39.4. The Morgan fingerprint density at radius 3 is 2.18 bits per heavy atom. The lowest BCUT2D eigenvalue weighted by molar-refractivity contribution is -0.384. The zero-order chi connectivity index (χ0) is 36.9. The summed E-state index contributed by atoms with van der Waals surface area (Å²) >= 11 is 0. The summed E-state index contributed by atoms with van der Waals surface area (Å²) in [6, 6.07) is 26.9. The van der Waals surface area contributed by atoms with E-state index in [1.807, 2.05) is 67.6 Å². The van der Waals surface area contributed by atoms with Crippen molar-refractivity contribution < 1.29 is 48.9 Å². The Morgan fingerprint density at radius 2 is 1.56 bits per heavy atom. The molecule has 260 valence electrons. The minimum absolute atomic E-state index is 0.107. The van der Waals surface area contributed by atoms with Crippen LogP contribution < -0.4 is 14.8 Å². The topological polar surface area (TPSA) is 203 Å². The Morgan fingerprint density at radius 1 is 0.860 bits per heavy atom. The largest absolute Gasteiger partial charge is 0.496 e. The SMILES string of the molecule is CC=CCc1ccccc1OCC(=O)O.COc1cc([N+](=O)[O-])ccc1C=CC(=O)O.O=C(Cc1ccccc1)Nc1cccc(C(=O)O)c1. The summed E-state index contributed by atoms with van der Waals surface area (Å²) in [5, 5.41) is 39.0. The number of carboxylic acid groups (broad SMARTS) is 3. The summed E-state index contributed by atoms with van der Waals surface area (Å²) in [6.45, 7) is 1.65. The number of ether oxygens (including phenoxy) is 2. The third-order valence-corrected chi connectivity index (χ3v) is 6.33. The number of amides is 1. The predicted molar refractivity (Wildman–Crippen MR) is 187 cm³/mol. The van der Waals surface area contributed by atoms with Gasteiger partial charge in [-0.3, -0.25) is 14.9 Å². The molecule has 4 aromatic carbocycles. The monoisotopic (exact) mass is 684 g/mol. The number of rotatable bonds is 13. The normalized spacial score (nSPS) is 10.2. The fourth-order valence-electron chi connectivity index (χ4n) is 4.03. The second-order valence-corrected chi connectivity index (χ2v) is 10.0. The van der Waals surface area contributed by atoms with E-state index in [4.69, 9.17) is 24.8 Å². The maximum Gasteiger partial charge on any atom is 0.341 e. The first-order valence-electron chi connectivity index (χ1n) is 14.9. The fraction of sp³-hybridized carbons (Fsp3) is 0.135.